The number of halogens is 2. The summed E-state index contributed by atoms with van der Waals surface area (Å²) in [7, 11) is 3.96. The maximum absolute atomic E-state index is 12.4. The number of benzene rings is 3. The number of hydrogen-bond acceptors (Lipinski definition) is 4. The Labute approximate surface area is 186 Å². The van der Waals surface area contributed by atoms with Crippen molar-refractivity contribution in [3.8, 4) is 0 Å². The SMILES string of the molecule is CN(C)c1ccc(/C=N/NC(=O)Cc2ccccc2Nc2c(Cl)cccc2Cl)cc1. The summed E-state index contributed by atoms with van der Waals surface area (Å²) in [6.07, 6.45) is 1.77. The molecular weight excluding hydrogens is 419 g/mol. The fourth-order valence-electron chi connectivity index (χ4n) is 2.80. The fraction of sp³-hybridized carbons (Fsp3) is 0.130. The lowest BCUT2D eigenvalue weighted by atomic mass is 10.1. The van der Waals surface area contributed by atoms with Crippen LogP contribution in [0.15, 0.2) is 71.8 Å². The molecule has 0 bridgehead atoms. The second-order valence-electron chi connectivity index (χ2n) is 6.83. The third-order valence-electron chi connectivity index (χ3n) is 4.40. The Morgan fingerprint density at radius 3 is 2.30 bits per heavy atom. The topological polar surface area (TPSA) is 56.7 Å². The number of carbonyl (C=O) groups excluding carboxylic acids is 1. The predicted octanol–water partition coefficient (Wildman–Crippen LogP) is 5.50. The fourth-order valence-corrected chi connectivity index (χ4v) is 3.29. The van der Waals surface area contributed by atoms with Gasteiger partial charge in [-0.05, 0) is 41.5 Å². The van der Waals surface area contributed by atoms with Crippen molar-refractivity contribution in [2.24, 2.45) is 5.10 Å². The molecule has 0 atom stereocenters. The smallest absolute Gasteiger partial charge is 0.244 e. The van der Waals surface area contributed by atoms with E-state index in [9.17, 15) is 4.79 Å². The molecule has 154 valence electrons. The zero-order chi connectivity index (χ0) is 21.5. The number of anilines is 3. The van der Waals surface area contributed by atoms with Crippen molar-refractivity contribution in [2.75, 3.05) is 24.3 Å². The first-order valence-corrected chi connectivity index (χ1v) is 10.1. The lowest BCUT2D eigenvalue weighted by molar-refractivity contribution is -0.120. The molecule has 7 heteroatoms. The molecule has 0 aromatic heterocycles. The number of carbonyl (C=O) groups is 1. The molecule has 5 nitrogen and oxygen atoms in total. The minimum absolute atomic E-state index is 0.155. The van der Waals surface area contributed by atoms with Crippen LogP contribution in [0.4, 0.5) is 17.1 Å². The lowest BCUT2D eigenvalue weighted by Gasteiger charge is -2.14. The lowest BCUT2D eigenvalue weighted by Crippen LogP contribution is -2.20. The van der Waals surface area contributed by atoms with Crippen LogP contribution in [0.2, 0.25) is 10.0 Å². The van der Waals surface area contributed by atoms with E-state index in [0.717, 1.165) is 22.5 Å². The number of para-hydroxylation sites is 2. The summed E-state index contributed by atoms with van der Waals surface area (Å²) in [5, 5.41) is 8.29. The highest BCUT2D eigenvalue weighted by Crippen LogP contribution is 2.33. The molecule has 0 heterocycles. The number of rotatable bonds is 7. The molecular formula is C23H22Cl2N4O. The van der Waals surface area contributed by atoms with Crippen LogP contribution >= 0.6 is 23.2 Å². The molecule has 1 amide bonds. The Balaban J connectivity index is 1.64. The van der Waals surface area contributed by atoms with Crippen molar-refractivity contribution in [3.63, 3.8) is 0 Å². The van der Waals surface area contributed by atoms with Crippen LogP contribution in [0.25, 0.3) is 0 Å². The van der Waals surface area contributed by atoms with E-state index in [1.165, 1.54) is 0 Å². The van der Waals surface area contributed by atoms with Crippen LogP contribution in [-0.2, 0) is 11.2 Å². The minimum Gasteiger partial charge on any atom is -0.378 e. The van der Waals surface area contributed by atoms with Crippen molar-refractivity contribution in [1.82, 2.24) is 5.43 Å². The van der Waals surface area contributed by atoms with Crippen LogP contribution < -0.4 is 15.6 Å². The monoisotopic (exact) mass is 440 g/mol. The van der Waals surface area contributed by atoms with Gasteiger partial charge >= 0.3 is 0 Å². The van der Waals surface area contributed by atoms with Crippen molar-refractivity contribution in [2.45, 2.75) is 6.42 Å². The highest BCUT2D eigenvalue weighted by molar-refractivity contribution is 6.39. The molecule has 3 aromatic carbocycles. The summed E-state index contributed by atoms with van der Waals surface area (Å²) in [5.74, 6) is -0.226. The Kier molecular flexibility index (Phi) is 7.33. The molecule has 0 fully saturated rings. The van der Waals surface area contributed by atoms with Gasteiger partial charge in [0.1, 0.15) is 0 Å². The van der Waals surface area contributed by atoms with Gasteiger partial charge < -0.3 is 10.2 Å². The molecule has 0 aliphatic rings. The van der Waals surface area contributed by atoms with Crippen LogP contribution in [0, 0.1) is 0 Å². The van der Waals surface area contributed by atoms with Gasteiger partial charge in [0.05, 0.1) is 28.4 Å². The molecule has 0 saturated carbocycles. The van der Waals surface area contributed by atoms with Gasteiger partial charge in [-0.1, -0.05) is 59.6 Å². The molecule has 3 aromatic rings. The zero-order valence-corrected chi connectivity index (χ0v) is 18.2. The molecule has 30 heavy (non-hydrogen) atoms. The van der Waals surface area contributed by atoms with Gasteiger partial charge in [0.25, 0.3) is 0 Å². The second-order valence-corrected chi connectivity index (χ2v) is 7.65. The Bertz CT molecular complexity index is 1030. The third kappa shape index (κ3) is 5.75. The van der Waals surface area contributed by atoms with Gasteiger partial charge in [-0.15, -0.1) is 0 Å². The highest BCUT2D eigenvalue weighted by atomic mass is 35.5. The molecule has 0 radical (unpaired) electrons. The molecule has 3 rings (SSSR count). The van der Waals surface area contributed by atoms with E-state index in [-0.39, 0.29) is 12.3 Å². The minimum atomic E-state index is -0.226. The van der Waals surface area contributed by atoms with Gasteiger partial charge in [0, 0.05) is 25.5 Å². The standard InChI is InChI=1S/C23H22Cl2N4O/c1-29(2)18-12-10-16(11-13-18)15-26-28-22(30)14-17-6-3-4-9-21(17)27-23-19(24)7-5-8-20(23)25/h3-13,15,27H,14H2,1-2H3,(H,28,30)/b26-15+. The second kappa shape index (κ2) is 10.1. The first-order valence-electron chi connectivity index (χ1n) is 9.32. The average Bonchev–Trinajstić information content (AvgIpc) is 2.72. The maximum Gasteiger partial charge on any atom is 0.244 e. The molecule has 2 N–H and O–H groups in total. The largest absolute Gasteiger partial charge is 0.378 e. The number of nitrogens with zero attached hydrogens (tertiary/aromatic N) is 2. The summed E-state index contributed by atoms with van der Waals surface area (Å²) in [5.41, 5.74) is 6.73. The Hall–Kier alpha value is -3.02. The van der Waals surface area contributed by atoms with Gasteiger partial charge in [0.2, 0.25) is 5.91 Å². The third-order valence-corrected chi connectivity index (χ3v) is 5.03. The van der Waals surface area contributed by atoms with Crippen molar-refractivity contribution >= 4 is 52.4 Å². The van der Waals surface area contributed by atoms with Gasteiger partial charge in [-0.2, -0.15) is 5.10 Å². The maximum atomic E-state index is 12.4. The van der Waals surface area contributed by atoms with Gasteiger partial charge in [0.15, 0.2) is 0 Å². The van der Waals surface area contributed by atoms with Crippen molar-refractivity contribution in [3.05, 3.63) is 87.9 Å². The first kappa shape index (κ1) is 21.7. The van der Waals surface area contributed by atoms with E-state index in [0.29, 0.717) is 15.7 Å². The van der Waals surface area contributed by atoms with Gasteiger partial charge in [-0.3, -0.25) is 4.79 Å². The van der Waals surface area contributed by atoms with Crippen molar-refractivity contribution < 1.29 is 4.79 Å². The van der Waals surface area contributed by atoms with E-state index in [1.807, 2.05) is 67.5 Å². The average molecular weight is 441 g/mol. The van der Waals surface area contributed by atoms with Crippen molar-refractivity contribution in [1.29, 1.82) is 0 Å². The number of nitrogens with one attached hydrogen (secondary N) is 2. The summed E-state index contributed by atoms with van der Waals surface area (Å²) in [4.78, 5) is 14.4. The zero-order valence-electron chi connectivity index (χ0n) is 16.7. The molecule has 0 unspecified atom stereocenters. The quantitative estimate of drug-likeness (QED) is 0.376. The highest BCUT2D eigenvalue weighted by Gasteiger charge is 2.11. The van der Waals surface area contributed by atoms with E-state index in [2.05, 4.69) is 15.8 Å². The predicted molar refractivity (Wildman–Crippen MR) is 126 cm³/mol. The summed E-state index contributed by atoms with van der Waals surface area (Å²) >= 11 is 12.5. The van der Waals surface area contributed by atoms with E-state index >= 15 is 0 Å². The molecule has 0 aliphatic carbocycles. The number of amides is 1. The summed E-state index contributed by atoms with van der Waals surface area (Å²) in [6.45, 7) is 0. The van der Waals surface area contributed by atoms with Crippen LogP contribution in [0.3, 0.4) is 0 Å². The van der Waals surface area contributed by atoms with Crippen LogP contribution in [0.5, 0.6) is 0 Å². The molecule has 0 spiro atoms. The normalized spacial score (nSPS) is 10.8. The summed E-state index contributed by atoms with van der Waals surface area (Å²) < 4.78 is 0. The van der Waals surface area contributed by atoms with E-state index in [4.69, 9.17) is 23.2 Å². The Morgan fingerprint density at radius 1 is 0.967 bits per heavy atom. The van der Waals surface area contributed by atoms with Crippen LogP contribution in [0.1, 0.15) is 11.1 Å². The Morgan fingerprint density at radius 2 is 1.63 bits per heavy atom. The van der Waals surface area contributed by atoms with E-state index < -0.39 is 0 Å². The molecule has 0 saturated heterocycles. The van der Waals surface area contributed by atoms with E-state index in [1.54, 1.807) is 24.4 Å². The van der Waals surface area contributed by atoms with Gasteiger partial charge in [-0.25, -0.2) is 5.43 Å². The number of hydrogen-bond donors (Lipinski definition) is 2. The number of hydrazone groups is 1. The molecule has 0 aliphatic heterocycles. The van der Waals surface area contributed by atoms with Crippen LogP contribution in [-0.4, -0.2) is 26.2 Å². The first-order chi connectivity index (χ1) is 14.4. The summed E-state index contributed by atoms with van der Waals surface area (Å²) in [6, 6.07) is 20.7.